The number of rotatable bonds is 55. The molecular weight excluding hydrogens is 961 g/mol. The Morgan fingerprint density at radius 3 is 0.974 bits per heavy atom. The van der Waals surface area contributed by atoms with Gasteiger partial charge in [-0.05, 0) is 117 Å². The van der Waals surface area contributed by atoms with Crippen molar-refractivity contribution in [2.45, 2.75) is 329 Å². The van der Waals surface area contributed by atoms with Gasteiger partial charge in [0.2, 0.25) is 5.91 Å². The maximum absolute atomic E-state index is 14.1. The fraction of sp³-hybridized carbons (Fsp3) is 0.905. The van der Waals surface area contributed by atoms with Crippen LogP contribution >= 0.6 is 0 Å². The van der Waals surface area contributed by atoms with Gasteiger partial charge in [0.15, 0.2) is 0 Å². The number of hydrogen-bond donors (Lipinski definition) is 0. The van der Waals surface area contributed by atoms with Crippen molar-refractivity contribution in [3.8, 4) is 0 Å². The van der Waals surface area contributed by atoms with Crippen molar-refractivity contribution < 1.29 is 52.5 Å². The van der Waals surface area contributed by atoms with Gasteiger partial charge in [0.25, 0.3) is 0 Å². The molecular formula is C63H118N2O11. The van der Waals surface area contributed by atoms with Crippen molar-refractivity contribution in [2.75, 3.05) is 40.4 Å². The quantitative estimate of drug-likeness (QED) is 0.0323. The minimum absolute atomic E-state index is 0.0294. The summed E-state index contributed by atoms with van der Waals surface area (Å²) in [7, 11) is 4.01. The summed E-state index contributed by atoms with van der Waals surface area (Å²) < 4.78 is 29.2. The van der Waals surface area contributed by atoms with Crippen molar-refractivity contribution in [1.29, 1.82) is 0 Å². The van der Waals surface area contributed by atoms with Gasteiger partial charge >= 0.3 is 29.8 Å². The third kappa shape index (κ3) is 44.7. The number of amides is 1. The lowest BCUT2D eigenvalue weighted by Gasteiger charge is -2.31. The van der Waals surface area contributed by atoms with E-state index in [1.807, 2.05) is 14.1 Å². The molecule has 0 aromatic rings. The predicted molar refractivity (Wildman–Crippen MR) is 309 cm³/mol. The second-order valence-electron chi connectivity index (χ2n) is 22.1. The first-order valence-corrected chi connectivity index (χ1v) is 31.7. The monoisotopic (exact) mass is 1080 g/mol. The molecule has 0 fully saturated rings. The summed E-state index contributed by atoms with van der Waals surface area (Å²) in [6.07, 6.45) is 35.0. The molecule has 0 aliphatic rings. The molecule has 0 saturated carbocycles. The van der Waals surface area contributed by atoms with E-state index in [0.29, 0.717) is 38.6 Å². The van der Waals surface area contributed by atoms with Gasteiger partial charge < -0.3 is 33.5 Å². The molecule has 1 amide bonds. The van der Waals surface area contributed by atoms with Crippen molar-refractivity contribution in [2.24, 2.45) is 0 Å². The molecule has 0 bridgehead atoms. The summed E-state index contributed by atoms with van der Waals surface area (Å²) >= 11 is 0. The first-order chi connectivity index (χ1) is 36.8. The standard InChI is InChI=1S/C63H118N2O11/c1-9-15-18-29-41-55(38-12-4)74-61(69)46-34-27-23-21-25-32-44-59(67)72-52-54(53-73-60(68)45-33-26-22-24-28-35-47-62(70)75-56(39-13-5)42-30-19-16-10-2)65(51-37-36-50-64(7)8)58(66)48-49-63(71)76-57(40-14-6)43-31-20-17-11-3/h54-57H,9-53H2,1-8H3. The van der Waals surface area contributed by atoms with Crippen LogP contribution in [0.15, 0.2) is 0 Å². The van der Waals surface area contributed by atoms with Gasteiger partial charge in [-0.25, -0.2) is 0 Å². The zero-order chi connectivity index (χ0) is 56.3. The van der Waals surface area contributed by atoms with E-state index < -0.39 is 6.04 Å². The summed E-state index contributed by atoms with van der Waals surface area (Å²) in [5.74, 6) is -1.57. The lowest BCUT2D eigenvalue weighted by Crippen LogP contribution is -2.47. The highest BCUT2D eigenvalue weighted by Gasteiger charge is 2.28. The fourth-order valence-electron chi connectivity index (χ4n) is 9.70. The highest BCUT2D eigenvalue weighted by atomic mass is 16.6. The smallest absolute Gasteiger partial charge is 0.306 e. The van der Waals surface area contributed by atoms with Gasteiger partial charge in [-0.3, -0.25) is 28.8 Å². The number of esters is 5. The van der Waals surface area contributed by atoms with E-state index in [1.54, 1.807) is 4.90 Å². The second-order valence-corrected chi connectivity index (χ2v) is 22.1. The van der Waals surface area contributed by atoms with Crippen LogP contribution < -0.4 is 0 Å². The minimum atomic E-state index is -0.711. The normalized spacial score (nSPS) is 13.0. The van der Waals surface area contributed by atoms with Gasteiger partial charge in [-0.15, -0.1) is 0 Å². The molecule has 3 atom stereocenters. The summed E-state index contributed by atoms with van der Waals surface area (Å²) in [5, 5.41) is 0. The lowest BCUT2D eigenvalue weighted by atomic mass is 10.1. The number of nitrogens with zero attached hydrogens (tertiary/aromatic N) is 2. The third-order valence-corrected chi connectivity index (χ3v) is 14.3. The average molecular weight is 1080 g/mol. The van der Waals surface area contributed by atoms with Gasteiger partial charge in [0, 0.05) is 38.6 Å². The van der Waals surface area contributed by atoms with E-state index in [9.17, 15) is 28.8 Å². The van der Waals surface area contributed by atoms with Crippen LogP contribution in [0.4, 0.5) is 0 Å². The molecule has 0 aliphatic carbocycles. The van der Waals surface area contributed by atoms with Crippen molar-refractivity contribution in [3.63, 3.8) is 0 Å². The minimum Gasteiger partial charge on any atom is -0.463 e. The van der Waals surface area contributed by atoms with E-state index in [1.165, 1.54) is 38.5 Å². The molecule has 13 nitrogen and oxygen atoms in total. The molecule has 0 heterocycles. The Labute approximate surface area is 465 Å². The van der Waals surface area contributed by atoms with Crippen molar-refractivity contribution >= 4 is 35.8 Å². The Morgan fingerprint density at radius 1 is 0.316 bits per heavy atom. The second kappa shape index (κ2) is 52.5. The average Bonchev–Trinajstić information content (AvgIpc) is 3.38. The number of carbonyl (C=O) groups is 6. The third-order valence-electron chi connectivity index (χ3n) is 14.3. The van der Waals surface area contributed by atoms with Crippen LogP contribution in [0.1, 0.15) is 305 Å². The summed E-state index contributed by atoms with van der Waals surface area (Å²) in [6.45, 7) is 13.9. The molecule has 0 aliphatic heterocycles. The number of hydrogen-bond acceptors (Lipinski definition) is 12. The summed E-state index contributed by atoms with van der Waals surface area (Å²) in [6, 6.07) is -0.711. The maximum Gasteiger partial charge on any atom is 0.306 e. The van der Waals surface area contributed by atoms with Gasteiger partial charge in [-0.1, -0.05) is 170 Å². The first-order valence-electron chi connectivity index (χ1n) is 31.7. The van der Waals surface area contributed by atoms with Crippen LogP contribution in [-0.2, 0) is 52.5 Å². The van der Waals surface area contributed by atoms with E-state index in [-0.39, 0.29) is 93.0 Å². The zero-order valence-electron chi connectivity index (χ0n) is 50.5. The molecule has 3 unspecified atom stereocenters. The topological polar surface area (TPSA) is 155 Å². The molecule has 0 N–H and O–H groups in total. The Hall–Kier alpha value is -3.22. The van der Waals surface area contributed by atoms with Crippen molar-refractivity contribution in [3.05, 3.63) is 0 Å². The van der Waals surface area contributed by atoms with E-state index in [4.69, 9.17) is 23.7 Å². The zero-order valence-corrected chi connectivity index (χ0v) is 50.5. The van der Waals surface area contributed by atoms with Gasteiger partial charge in [0.05, 0.1) is 12.5 Å². The predicted octanol–water partition coefficient (Wildman–Crippen LogP) is 15.7. The van der Waals surface area contributed by atoms with Crippen LogP contribution in [0, 0.1) is 0 Å². The molecule has 76 heavy (non-hydrogen) atoms. The molecule has 13 heteroatoms. The fourth-order valence-corrected chi connectivity index (χ4v) is 9.70. The number of unbranched alkanes of at least 4 members (excludes halogenated alkanes) is 20. The number of carbonyl (C=O) groups excluding carboxylic acids is 6. The van der Waals surface area contributed by atoms with Crippen LogP contribution in [0.25, 0.3) is 0 Å². The highest BCUT2D eigenvalue weighted by Crippen LogP contribution is 2.20. The van der Waals surface area contributed by atoms with Gasteiger partial charge in [0.1, 0.15) is 31.5 Å². The van der Waals surface area contributed by atoms with Crippen molar-refractivity contribution in [1.82, 2.24) is 9.80 Å². The summed E-state index contributed by atoms with van der Waals surface area (Å²) in [4.78, 5) is 82.5. The first kappa shape index (κ1) is 72.8. The highest BCUT2D eigenvalue weighted by molar-refractivity contribution is 5.82. The Morgan fingerprint density at radius 2 is 0.632 bits per heavy atom. The SMILES string of the molecule is CCCCCCC(CCC)OC(=O)CCCCCCCCC(=O)OCC(COC(=O)CCCCCCCCC(=O)OC(CCC)CCCCCC)N(CCCCN(C)C)C(=O)CCC(=O)OC(CCC)CCCCCC. The molecule has 0 radical (unpaired) electrons. The maximum atomic E-state index is 14.1. The molecule has 0 aromatic carbocycles. The van der Waals surface area contributed by atoms with Crippen LogP contribution in [0.5, 0.6) is 0 Å². The Kier molecular flexibility index (Phi) is 50.3. The van der Waals surface area contributed by atoms with E-state index in [2.05, 4.69) is 46.4 Å². The largest absolute Gasteiger partial charge is 0.463 e. The lowest BCUT2D eigenvalue weighted by molar-refractivity contribution is -0.156. The Bertz CT molecular complexity index is 1360. The molecule has 0 spiro atoms. The molecule has 0 rings (SSSR count). The van der Waals surface area contributed by atoms with E-state index in [0.717, 1.165) is 173 Å². The number of ether oxygens (including phenoxy) is 5. The van der Waals surface area contributed by atoms with Crippen LogP contribution in [0.2, 0.25) is 0 Å². The molecule has 0 aromatic heterocycles. The molecule has 446 valence electrons. The van der Waals surface area contributed by atoms with E-state index >= 15 is 0 Å². The summed E-state index contributed by atoms with van der Waals surface area (Å²) in [5.41, 5.74) is 0. The Balaban J connectivity index is 5.43. The van der Waals surface area contributed by atoms with Crippen LogP contribution in [0.3, 0.4) is 0 Å². The van der Waals surface area contributed by atoms with Gasteiger partial charge in [-0.2, -0.15) is 0 Å². The molecule has 0 saturated heterocycles. The van der Waals surface area contributed by atoms with Crippen LogP contribution in [-0.4, -0.2) is 110 Å².